The molecule has 1 unspecified atom stereocenters. The molecule has 1 aromatic rings. The van der Waals surface area contributed by atoms with Crippen molar-refractivity contribution in [1.82, 2.24) is 4.72 Å². The van der Waals surface area contributed by atoms with Gasteiger partial charge in [0.05, 0.1) is 5.69 Å². The minimum atomic E-state index is -3.55. The van der Waals surface area contributed by atoms with E-state index in [0.29, 0.717) is 16.9 Å². The van der Waals surface area contributed by atoms with Crippen LogP contribution in [0.4, 0.5) is 5.69 Å². The summed E-state index contributed by atoms with van der Waals surface area (Å²) in [6.45, 7) is 6.54. The Morgan fingerprint density at radius 1 is 1.33 bits per heavy atom. The Hall–Kier alpha value is -0.590. The number of benzene rings is 1. The highest BCUT2D eigenvalue weighted by Gasteiger charge is 2.19. The van der Waals surface area contributed by atoms with Crippen molar-refractivity contribution in [2.75, 3.05) is 12.3 Å². The van der Waals surface area contributed by atoms with Crippen LogP contribution in [0.1, 0.15) is 20.8 Å². The van der Waals surface area contributed by atoms with E-state index in [9.17, 15) is 8.42 Å². The van der Waals surface area contributed by atoms with E-state index in [2.05, 4.69) is 34.5 Å². The van der Waals surface area contributed by atoms with Crippen molar-refractivity contribution >= 4 is 31.6 Å². The Labute approximate surface area is 117 Å². The van der Waals surface area contributed by atoms with E-state index < -0.39 is 10.0 Å². The molecule has 3 N–H and O–H groups in total. The lowest BCUT2D eigenvalue weighted by atomic mass is 9.99. The van der Waals surface area contributed by atoms with Gasteiger partial charge in [0.1, 0.15) is 4.90 Å². The van der Waals surface area contributed by atoms with Crippen LogP contribution in [0.15, 0.2) is 27.6 Å². The van der Waals surface area contributed by atoms with Gasteiger partial charge in [-0.1, -0.05) is 36.7 Å². The molecule has 0 aliphatic carbocycles. The van der Waals surface area contributed by atoms with Gasteiger partial charge >= 0.3 is 0 Å². The van der Waals surface area contributed by atoms with Crippen LogP contribution in [-0.4, -0.2) is 15.0 Å². The highest BCUT2D eigenvalue weighted by atomic mass is 79.9. The van der Waals surface area contributed by atoms with Crippen LogP contribution in [0.25, 0.3) is 0 Å². The zero-order valence-corrected chi connectivity index (χ0v) is 13.2. The molecule has 0 heterocycles. The summed E-state index contributed by atoms with van der Waals surface area (Å²) < 4.78 is 27.5. The molecule has 4 nitrogen and oxygen atoms in total. The second-order valence-electron chi connectivity index (χ2n) is 4.76. The lowest BCUT2D eigenvalue weighted by molar-refractivity contribution is 0.414. The van der Waals surface area contributed by atoms with Gasteiger partial charge in [-0.15, -0.1) is 0 Å². The lowest BCUT2D eigenvalue weighted by Gasteiger charge is -2.16. The second-order valence-corrected chi connectivity index (χ2v) is 7.41. The van der Waals surface area contributed by atoms with Crippen molar-refractivity contribution in [2.45, 2.75) is 25.7 Å². The third-order valence-corrected chi connectivity index (χ3v) is 4.97. The van der Waals surface area contributed by atoms with E-state index in [4.69, 9.17) is 5.73 Å². The fourth-order valence-corrected chi connectivity index (χ4v) is 3.11. The normalized spacial score (nSPS) is 13.8. The second kappa shape index (κ2) is 6.04. The van der Waals surface area contributed by atoms with Crippen LogP contribution in [0.3, 0.4) is 0 Å². The summed E-state index contributed by atoms with van der Waals surface area (Å²) in [6.07, 6.45) is 0. The van der Waals surface area contributed by atoms with Crippen LogP contribution < -0.4 is 10.5 Å². The van der Waals surface area contributed by atoms with Crippen molar-refractivity contribution in [3.63, 3.8) is 0 Å². The number of nitrogens with two attached hydrogens (primary N) is 1. The Morgan fingerprint density at radius 2 is 1.94 bits per heavy atom. The maximum absolute atomic E-state index is 12.1. The van der Waals surface area contributed by atoms with E-state index in [1.165, 1.54) is 6.07 Å². The molecule has 0 saturated heterocycles. The maximum Gasteiger partial charge on any atom is 0.242 e. The predicted molar refractivity (Wildman–Crippen MR) is 77.7 cm³/mol. The van der Waals surface area contributed by atoms with Crippen molar-refractivity contribution in [3.05, 3.63) is 22.7 Å². The van der Waals surface area contributed by atoms with Crippen LogP contribution in [0.5, 0.6) is 0 Å². The number of nitrogen functional groups attached to an aromatic ring is 1. The van der Waals surface area contributed by atoms with E-state index >= 15 is 0 Å². The summed E-state index contributed by atoms with van der Waals surface area (Å²) in [7, 11) is -3.55. The smallest absolute Gasteiger partial charge is 0.242 e. The van der Waals surface area contributed by atoms with E-state index in [0.717, 1.165) is 0 Å². The third-order valence-electron chi connectivity index (χ3n) is 3.00. The lowest BCUT2D eigenvalue weighted by Crippen LogP contribution is -2.30. The number of sulfonamides is 1. The van der Waals surface area contributed by atoms with Gasteiger partial charge in [0, 0.05) is 11.0 Å². The number of hydrogen-bond donors (Lipinski definition) is 2. The fourth-order valence-electron chi connectivity index (χ4n) is 1.30. The molecule has 18 heavy (non-hydrogen) atoms. The molecular formula is C12H19BrN2O2S. The summed E-state index contributed by atoms with van der Waals surface area (Å²) in [5.41, 5.74) is 5.95. The Kier molecular flexibility index (Phi) is 5.19. The molecule has 1 rings (SSSR count). The number of halogens is 1. The van der Waals surface area contributed by atoms with Gasteiger partial charge in [0.15, 0.2) is 0 Å². The molecule has 0 fully saturated rings. The van der Waals surface area contributed by atoms with Gasteiger partial charge < -0.3 is 5.73 Å². The largest absolute Gasteiger partial charge is 0.398 e. The van der Waals surface area contributed by atoms with E-state index in [1.807, 2.05) is 6.92 Å². The van der Waals surface area contributed by atoms with Crippen molar-refractivity contribution in [3.8, 4) is 0 Å². The van der Waals surface area contributed by atoms with Crippen LogP contribution >= 0.6 is 15.9 Å². The monoisotopic (exact) mass is 334 g/mol. The highest BCUT2D eigenvalue weighted by Crippen LogP contribution is 2.23. The Bertz CT molecular complexity index is 515. The Morgan fingerprint density at radius 3 is 2.50 bits per heavy atom. The molecule has 0 saturated carbocycles. The minimum absolute atomic E-state index is 0.118. The zero-order valence-electron chi connectivity index (χ0n) is 10.8. The first-order valence-corrected chi connectivity index (χ1v) is 8.06. The van der Waals surface area contributed by atoms with Crippen molar-refractivity contribution in [1.29, 1.82) is 0 Å². The molecule has 0 amide bonds. The molecule has 0 aliphatic rings. The maximum atomic E-state index is 12.1. The summed E-state index contributed by atoms with van der Waals surface area (Å²) in [5, 5.41) is 0. The zero-order chi connectivity index (χ0) is 13.9. The first-order valence-electron chi connectivity index (χ1n) is 5.78. The van der Waals surface area contributed by atoms with Crippen molar-refractivity contribution < 1.29 is 8.42 Å². The average molecular weight is 335 g/mol. The number of hydrogen-bond acceptors (Lipinski definition) is 3. The van der Waals surface area contributed by atoms with Gasteiger partial charge in [0.2, 0.25) is 10.0 Å². The highest BCUT2D eigenvalue weighted by molar-refractivity contribution is 9.10. The summed E-state index contributed by atoms with van der Waals surface area (Å²) in [4.78, 5) is 0.118. The Balaban J connectivity index is 2.90. The molecule has 102 valence electrons. The standard InChI is InChI=1S/C12H19BrN2O2S/c1-8(2)9(3)7-15-18(16,17)12-6-10(13)4-5-11(12)14/h4-6,8-9,15H,7,14H2,1-3H3. The summed E-state index contributed by atoms with van der Waals surface area (Å²) in [6, 6.07) is 4.80. The SMILES string of the molecule is CC(C)C(C)CNS(=O)(=O)c1cc(Br)ccc1N. The topological polar surface area (TPSA) is 72.2 Å². The fraction of sp³-hybridized carbons (Fsp3) is 0.500. The van der Waals surface area contributed by atoms with Crippen LogP contribution in [0, 0.1) is 11.8 Å². The van der Waals surface area contributed by atoms with Gasteiger partial charge in [-0.25, -0.2) is 13.1 Å². The first-order chi connectivity index (χ1) is 8.24. The van der Waals surface area contributed by atoms with E-state index in [-0.39, 0.29) is 16.5 Å². The number of nitrogens with one attached hydrogen (secondary N) is 1. The first kappa shape index (κ1) is 15.5. The molecule has 0 bridgehead atoms. The van der Waals surface area contributed by atoms with Gasteiger partial charge in [-0.2, -0.15) is 0 Å². The molecule has 1 aromatic carbocycles. The minimum Gasteiger partial charge on any atom is -0.398 e. The van der Waals surface area contributed by atoms with Crippen LogP contribution in [-0.2, 0) is 10.0 Å². The summed E-state index contributed by atoms with van der Waals surface area (Å²) >= 11 is 3.24. The molecular weight excluding hydrogens is 316 g/mol. The molecule has 1 atom stereocenters. The molecule has 0 spiro atoms. The number of rotatable bonds is 5. The average Bonchev–Trinajstić information content (AvgIpc) is 2.29. The van der Waals surface area contributed by atoms with Crippen molar-refractivity contribution in [2.24, 2.45) is 11.8 Å². The quantitative estimate of drug-likeness (QED) is 0.813. The molecule has 0 aromatic heterocycles. The van der Waals surface area contributed by atoms with Crippen LogP contribution in [0.2, 0.25) is 0 Å². The van der Waals surface area contributed by atoms with E-state index in [1.54, 1.807) is 12.1 Å². The van der Waals surface area contributed by atoms with Gasteiger partial charge in [-0.05, 0) is 30.0 Å². The van der Waals surface area contributed by atoms with Gasteiger partial charge in [0.25, 0.3) is 0 Å². The molecule has 0 aliphatic heterocycles. The number of anilines is 1. The third kappa shape index (κ3) is 3.96. The summed E-state index contributed by atoms with van der Waals surface area (Å²) in [5.74, 6) is 0.695. The van der Waals surface area contributed by atoms with Gasteiger partial charge in [-0.3, -0.25) is 0 Å². The molecule has 0 radical (unpaired) electrons. The predicted octanol–water partition coefficient (Wildman–Crippen LogP) is 2.60. The molecule has 6 heteroatoms.